The number of phenolic OH excluding ortho intramolecular Hbond substituents is 1. The number of nitrogens with one attached hydrogen (secondary N) is 1. The lowest BCUT2D eigenvalue weighted by Crippen LogP contribution is -2.46. The molecule has 0 radical (unpaired) electrons. The molecule has 3 rings (SSSR count). The summed E-state index contributed by atoms with van der Waals surface area (Å²) in [4.78, 5) is 26.6. The molecule has 0 bridgehead atoms. The number of hydrogen-bond acceptors (Lipinski definition) is 4. The molecule has 2 amide bonds. The Labute approximate surface area is 146 Å². The van der Waals surface area contributed by atoms with Crippen LogP contribution in [-0.2, 0) is 0 Å². The van der Waals surface area contributed by atoms with Gasteiger partial charge >= 0.3 is 6.03 Å². The summed E-state index contributed by atoms with van der Waals surface area (Å²) >= 11 is 0. The highest BCUT2D eigenvalue weighted by atomic mass is 16.3. The van der Waals surface area contributed by atoms with Gasteiger partial charge in [0.05, 0.1) is 12.3 Å². The van der Waals surface area contributed by atoms with Crippen LogP contribution in [0, 0.1) is 5.92 Å². The molecule has 1 aliphatic heterocycles. The third kappa shape index (κ3) is 4.02. The Kier molecular flexibility index (Phi) is 5.07. The second kappa shape index (κ2) is 7.42. The van der Waals surface area contributed by atoms with Crippen molar-refractivity contribution in [1.82, 2.24) is 10.2 Å². The Balaban J connectivity index is 1.52. The minimum absolute atomic E-state index is 0.0732. The molecule has 25 heavy (non-hydrogen) atoms. The molecule has 132 valence electrons. The molecule has 0 spiro atoms. The maximum atomic E-state index is 12.5. The molecule has 0 saturated carbocycles. The zero-order valence-corrected chi connectivity index (χ0v) is 14.1. The van der Waals surface area contributed by atoms with E-state index in [1.54, 1.807) is 29.4 Å². The molecule has 1 saturated heterocycles. The number of benzene rings is 1. The quantitative estimate of drug-likeness (QED) is 0.835. The number of hydrogen-bond donors (Lipinski definition) is 2. The van der Waals surface area contributed by atoms with E-state index in [0.717, 1.165) is 0 Å². The van der Waals surface area contributed by atoms with Gasteiger partial charge in [-0.25, -0.2) is 4.79 Å². The van der Waals surface area contributed by atoms with Crippen LogP contribution in [0.25, 0.3) is 0 Å². The number of piperidine rings is 1. The van der Waals surface area contributed by atoms with E-state index >= 15 is 0 Å². The number of nitrogens with zero attached hydrogens (tertiary/aromatic N) is 1. The summed E-state index contributed by atoms with van der Waals surface area (Å²) in [6.45, 7) is 2.97. The SMILES string of the molecule is CC(NC(=O)N1CCC(C(=O)c2ccc(O)cc2)CC1)c1ccco1. The Morgan fingerprint density at radius 3 is 2.48 bits per heavy atom. The lowest BCUT2D eigenvalue weighted by molar-refractivity contribution is 0.0853. The van der Waals surface area contributed by atoms with Crippen molar-refractivity contribution in [3.8, 4) is 5.75 Å². The molecule has 0 aliphatic carbocycles. The van der Waals surface area contributed by atoms with E-state index in [1.165, 1.54) is 12.1 Å². The smallest absolute Gasteiger partial charge is 0.317 e. The maximum Gasteiger partial charge on any atom is 0.317 e. The van der Waals surface area contributed by atoms with Crippen LogP contribution in [0.4, 0.5) is 4.79 Å². The molecule has 6 nitrogen and oxygen atoms in total. The number of Topliss-reactive ketones (excluding diaryl/α,β-unsaturated/α-hetero) is 1. The zero-order valence-electron chi connectivity index (χ0n) is 14.1. The number of carbonyl (C=O) groups is 2. The summed E-state index contributed by atoms with van der Waals surface area (Å²) in [6.07, 6.45) is 2.86. The second-order valence-electron chi connectivity index (χ2n) is 6.36. The first-order valence-electron chi connectivity index (χ1n) is 8.46. The van der Waals surface area contributed by atoms with Crippen molar-refractivity contribution >= 4 is 11.8 Å². The Hall–Kier alpha value is -2.76. The highest BCUT2D eigenvalue weighted by Gasteiger charge is 2.28. The van der Waals surface area contributed by atoms with E-state index in [9.17, 15) is 14.7 Å². The predicted molar refractivity (Wildman–Crippen MR) is 92.4 cm³/mol. The Bertz CT molecular complexity index is 716. The van der Waals surface area contributed by atoms with Crippen LogP contribution < -0.4 is 5.32 Å². The van der Waals surface area contributed by atoms with Gasteiger partial charge in [-0.2, -0.15) is 0 Å². The summed E-state index contributed by atoms with van der Waals surface area (Å²) in [5.74, 6) is 0.847. The normalized spacial score (nSPS) is 16.4. The van der Waals surface area contributed by atoms with E-state index in [-0.39, 0.29) is 29.5 Å². The van der Waals surface area contributed by atoms with Crippen LogP contribution in [0.2, 0.25) is 0 Å². The summed E-state index contributed by atoms with van der Waals surface area (Å²) < 4.78 is 5.29. The van der Waals surface area contributed by atoms with Crippen molar-refractivity contribution in [3.05, 3.63) is 54.0 Å². The molecular weight excluding hydrogens is 320 g/mol. The predicted octanol–water partition coefficient (Wildman–Crippen LogP) is 3.35. The van der Waals surface area contributed by atoms with E-state index in [2.05, 4.69) is 5.32 Å². The molecule has 1 aromatic heterocycles. The van der Waals surface area contributed by atoms with Gasteiger partial charge < -0.3 is 19.7 Å². The fraction of sp³-hybridized carbons (Fsp3) is 0.368. The fourth-order valence-corrected chi connectivity index (χ4v) is 3.09. The molecule has 6 heteroatoms. The fourth-order valence-electron chi connectivity index (χ4n) is 3.09. The van der Waals surface area contributed by atoms with Crippen molar-refractivity contribution in [3.63, 3.8) is 0 Å². The molecule has 1 unspecified atom stereocenters. The highest BCUT2D eigenvalue weighted by molar-refractivity contribution is 5.98. The number of carbonyl (C=O) groups excluding carboxylic acids is 2. The van der Waals surface area contributed by atoms with Crippen molar-refractivity contribution < 1.29 is 19.1 Å². The molecule has 1 aliphatic rings. The minimum atomic E-state index is -0.196. The second-order valence-corrected chi connectivity index (χ2v) is 6.36. The average Bonchev–Trinajstić information content (AvgIpc) is 3.17. The summed E-state index contributed by atoms with van der Waals surface area (Å²) in [5, 5.41) is 12.2. The van der Waals surface area contributed by atoms with Gasteiger partial charge in [0.1, 0.15) is 11.5 Å². The van der Waals surface area contributed by atoms with Crippen LogP contribution in [0.5, 0.6) is 5.75 Å². The first-order valence-corrected chi connectivity index (χ1v) is 8.46. The first kappa shape index (κ1) is 17.1. The number of phenols is 1. The molecule has 1 atom stereocenters. The van der Waals surface area contributed by atoms with E-state index in [0.29, 0.717) is 37.3 Å². The number of aromatic hydroxyl groups is 1. The van der Waals surface area contributed by atoms with Gasteiger partial charge in [-0.15, -0.1) is 0 Å². The van der Waals surface area contributed by atoms with Crippen LogP contribution in [0.3, 0.4) is 0 Å². The van der Waals surface area contributed by atoms with Gasteiger partial charge in [0.2, 0.25) is 0 Å². The Morgan fingerprint density at radius 2 is 1.88 bits per heavy atom. The molecular formula is C19H22N2O4. The van der Waals surface area contributed by atoms with E-state index in [1.807, 2.05) is 13.0 Å². The van der Waals surface area contributed by atoms with Gasteiger partial charge in [0, 0.05) is 24.6 Å². The average molecular weight is 342 g/mol. The number of likely N-dealkylation sites (tertiary alicyclic amines) is 1. The van der Waals surface area contributed by atoms with Crippen LogP contribution in [0.1, 0.15) is 41.9 Å². The van der Waals surface area contributed by atoms with Crippen LogP contribution in [0.15, 0.2) is 47.1 Å². The Morgan fingerprint density at radius 1 is 1.20 bits per heavy atom. The van der Waals surface area contributed by atoms with E-state index in [4.69, 9.17) is 4.42 Å². The largest absolute Gasteiger partial charge is 0.508 e. The van der Waals surface area contributed by atoms with Crippen LogP contribution in [-0.4, -0.2) is 34.9 Å². The highest BCUT2D eigenvalue weighted by Crippen LogP contribution is 2.23. The molecule has 2 heterocycles. The van der Waals surface area contributed by atoms with E-state index < -0.39 is 0 Å². The number of ketones is 1. The lowest BCUT2D eigenvalue weighted by Gasteiger charge is -2.32. The number of rotatable bonds is 4. The number of urea groups is 1. The van der Waals surface area contributed by atoms with Crippen molar-refractivity contribution in [1.29, 1.82) is 0 Å². The van der Waals surface area contributed by atoms with Gasteiger partial charge in [-0.3, -0.25) is 4.79 Å². The molecule has 2 N–H and O–H groups in total. The topological polar surface area (TPSA) is 82.8 Å². The van der Waals surface area contributed by atoms with Gasteiger partial charge in [-0.05, 0) is 56.2 Å². The van der Waals surface area contributed by atoms with Gasteiger partial charge in [-0.1, -0.05) is 0 Å². The zero-order chi connectivity index (χ0) is 17.8. The van der Waals surface area contributed by atoms with Crippen molar-refractivity contribution in [2.75, 3.05) is 13.1 Å². The third-order valence-corrected chi connectivity index (χ3v) is 4.61. The minimum Gasteiger partial charge on any atom is -0.508 e. The molecule has 1 aromatic carbocycles. The van der Waals surface area contributed by atoms with Gasteiger partial charge in [0.15, 0.2) is 5.78 Å². The number of amides is 2. The maximum absolute atomic E-state index is 12.5. The summed E-state index contributed by atoms with van der Waals surface area (Å²) in [6, 6.07) is 9.60. The number of furan rings is 1. The van der Waals surface area contributed by atoms with Crippen LogP contribution >= 0.6 is 0 Å². The summed E-state index contributed by atoms with van der Waals surface area (Å²) in [5.41, 5.74) is 0.604. The third-order valence-electron chi connectivity index (χ3n) is 4.61. The van der Waals surface area contributed by atoms with Gasteiger partial charge in [0.25, 0.3) is 0 Å². The molecule has 1 fully saturated rings. The lowest BCUT2D eigenvalue weighted by atomic mass is 9.89. The summed E-state index contributed by atoms with van der Waals surface area (Å²) in [7, 11) is 0. The first-order chi connectivity index (χ1) is 12.0. The monoisotopic (exact) mass is 342 g/mol. The standard InChI is InChI=1S/C19H22N2O4/c1-13(17-3-2-12-25-17)20-19(24)21-10-8-15(9-11-21)18(23)14-4-6-16(22)7-5-14/h2-7,12-13,15,22H,8-11H2,1H3,(H,20,24). The van der Waals surface area contributed by atoms with Crippen molar-refractivity contribution in [2.45, 2.75) is 25.8 Å². The molecule has 2 aromatic rings. The van der Waals surface area contributed by atoms with Crippen molar-refractivity contribution in [2.24, 2.45) is 5.92 Å².